The number of hydrogen-bond acceptors (Lipinski definition) is 3. The van der Waals surface area contributed by atoms with E-state index in [0.717, 1.165) is 31.2 Å². The molecule has 20 heavy (non-hydrogen) atoms. The van der Waals surface area contributed by atoms with Crippen LogP contribution in [0.1, 0.15) is 52.4 Å². The molecule has 0 atom stereocenters. The van der Waals surface area contributed by atoms with Gasteiger partial charge in [-0.05, 0) is 56.5 Å². The fraction of sp³-hybridized carbons (Fsp3) is 1.00. The molecule has 2 rings (SSSR count). The normalized spacial score (nSPS) is 38.0. The molecule has 0 aromatic carbocycles. The van der Waals surface area contributed by atoms with Crippen LogP contribution in [0.15, 0.2) is 0 Å². The average molecular weight is 282 g/mol. The second-order valence-corrected chi connectivity index (χ2v) is 7.65. The van der Waals surface area contributed by atoms with Crippen molar-refractivity contribution in [2.75, 3.05) is 33.2 Å². The number of rotatable bonds is 7. The van der Waals surface area contributed by atoms with Gasteiger partial charge in [0.05, 0.1) is 6.10 Å². The van der Waals surface area contributed by atoms with E-state index in [1.54, 1.807) is 0 Å². The van der Waals surface area contributed by atoms with Crippen LogP contribution in [0.25, 0.3) is 0 Å². The number of nitrogens with one attached hydrogen (secondary N) is 1. The van der Waals surface area contributed by atoms with Gasteiger partial charge in [0.25, 0.3) is 0 Å². The molecule has 2 N–H and O–H groups in total. The van der Waals surface area contributed by atoms with E-state index in [9.17, 15) is 5.11 Å². The Bertz CT molecular complexity index is 275. The van der Waals surface area contributed by atoms with E-state index < -0.39 is 0 Å². The van der Waals surface area contributed by atoms with Gasteiger partial charge in [0.1, 0.15) is 0 Å². The Hall–Kier alpha value is -0.120. The van der Waals surface area contributed by atoms with Crippen molar-refractivity contribution in [1.29, 1.82) is 0 Å². The molecule has 0 heterocycles. The molecule has 0 saturated heterocycles. The van der Waals surface area contributed by atoms with Crippen LogP contribution in [0.3, 0.4) is 0 Å². The van der Waals surface area contributed by atoms with Crippen molar-refractivity contribution >= 4 is 0 Å². The Labute approximate surface area is 125 Å². The van der Waals surface area contributed by atoms with Crippen molar-refractivity contribution in [3.05, 3.63) is 0 Å². The molecule has 0 amide bonds. The Morgan fingerprint density at radius 1 is 1.25 bits per heavy atom. The zero-order chi connectivity index (χ0) is 14.6. The van der Waals surface area contributed by atoms with Crippen molar-refractivity contribution in [2.45, 2.75) is 58.5 Å². The summed E-state index contributed by atoms with van der Waals surface area (Å²) in [5, 5.41) is 13.0. The van der Waals surface area contributed by atoms with E-state index in [-0.39, 0.29) is 6.10 Å². The zero-order valence-corrected chi connectivity index (χ0v) is 13.7. The molecule has 0 aromatic rings. The van der Waals surface area contributed by atoms with Crippen molar-refractivity contribution in [3.63, 3.8) is 0 Å². The van der Waals surface area contributed by atoms with Crippen LogP contribution in [0, 0.1) is 17.3 Å². The van der Waals surface area contributed by atoms with Crippen molar-refractivity contribution in [3.8, 4) is 0 Å². The first-order valence-electron chi connectivity index (χ1n) is 8.60. The predicted molar refractivity (Wildman–Crippen MR) is 84.8 cm³/mol. The summed E-state index contributed by atoms with van der Waals surface area (Å²) in [7, 11) is 2.27. The second kappa shape index (κ2) is 7.24. The molecule has 0 spiro atoms. The Morgan fingerprint density at radius 2 is 1.90 bits per heavy atom. The molecule has 2 saturated carbocycles. The summed E-state index contributed by atoms with van der Waals surface area (Å²) < 4.78 is 0. The molecule has 118 valence electrons. The highest BCUT2D eigenvalue weighted by molar-refractivity contribution is 4.90. The summed E-state index contributed by atoms with van der Waals surface area (Å²) >= 11 is 0. The SMILES string of the molecule is CCNCC1(CN(C)CC2CC(O)C2)CCC(C)CC1. The van der Waals surface area contributed by atoms with Crippen LogP contribution in [0.2, 0.25) is 0 Å². The fourth-order valence-corrected chi connectivity index (χ4v) is 4.08. The van der Waals surface area contributed by atoms with Crippen LogP contribution in [-0.4, -0.2) is 49.3 Å². The van der Waals surface area contributed by atoms with Gasteiger partial charge >= 0.3 is 0 Å². The summed E-state index contributed by atoms with van der Waals surface area (Å²) in [4.78, 5) is 2.53. The quantitative estimate of drug-likeness (QED) is 0.753. The molecule has 0 aromatic heterocycles. The smallest absolute Gasteiger partial charge is 0.0546 e. The number of nitrogens with zero attached hydrogens (tertiary/aromatic N) is 1. The van der Waals surface area contributed by atoms with E-state index in [1.807, 2.05) is 0 Å². The Kier molecular flexibility index (Phi) is 5.88. The highest BCUT2D eigenvalue weighted by Gasteiger charge is 2.36. The van der Waals surface area contributed by atoms with Gasteiger partial charge in [0.2, 0.25) is 0 Å². The minimum Gasteiger partial charge on any atom is -0.393 e. The van der Waals surface area contributed by atoms with E-state index in [4.69, 9.17) is 0 Å². The van der Waals surface area contributed by atoms with Crippen LogP contribution in [0.5, 0.6) is 0 Å². The lowest BCUT2D eigenvalue weighted by Gasteiger charge is -2.44. The van der Waals surface area contributed by atoms with Crippen molar-refractivity contribution < 1.29 is 5.11 Å². The molecular weight excluding hydrogens is 248 g/mol. The highest BCUT2D eigenvalue weighted by atomic mass is 16.3. The summed E-state index contributed by atoms with van der Waals surface area (Å²) in [5.41, 5.74) is 0.486. The third kappa shape index (κ3) is 4.44. The summed E-state index contributed by atoms with van der Waals surface area (Å²) in [6.45, 7) is 9.25. The van der Waals surface area contributed by atoms with Gasteiger partial charge in [-0.15, -0.1) is 0 Å². The molecule has 0 radical (unpaired) electrons. The van der Waals surface area contributed by atoms with E-state index in [2.05, 4.69) is 31.1 Å². The van der Waals surface area contributed by atoms with Gasteiger partial charge in [0, 0.05) is 19.6 Å². The number of hydrogen-bond donors (Lipinski definition) is 2. The molecule has 2 fully saturated rings. The minimum atomic E-state index is -0.0142. The summed E-state index contributed by atoms with van der Waals surface area (Å²) in [6, 6.07) is 0. The fourth-order valence-electron chi connectivity index (χ4n) is 4.08. The molecule has 2 aliphatic rings. The highest BCUT2D eigenvalue weighted by Crippen LogP contribution is 2.39. The van der Waals surface area contributed by atoms with Crippen molar-refractivity contribution in [2.24, 2.45) is 17.3 Å². The summed E-state index contributed by atoms with van der Waals surface area (Å²) in [6.07, 6.45) is 7.54. The van der Waals surface area contributed by atoms with Crippen molar-refractivity contribution in [1.82, 2.24) is 10.2 Å². The van der Waals surface area contributed by atoms with Gasteiger partial charge in [-0.2, -0.15) is 0 Å². The molecule has 0 unspecified atom stereocenters. The number of aliphatic hydroxyl groups excluding tert-OH is 1. The summed E-state index contributed by atoms with van der Waals surface area (Å²) in [5.74, 6) is 1.64. The Morgan fingerprint density at radius 3 is 2.45 bits per heavy atom. The molecule has 0 bridgehead atoms. The van der Waals surface area contributed by atoms with Crippen LogP contribution in [-0.2, 0) is 0 Å². The predicted octanol–water partition coefficient (Wildman–Crippen LogP) is 2.50. The van der Waals surface area contributed by atoms with Crippen LogP contribution < -0.4 is 5.32 Å². The molecular formula is C17H34N2O. The first kappa shape index (κ1) is 16.3. The number of aliphatic hydroxyl groups is 1. The topological polar surface area (TPSA) is 35.5 Å². The lowest BCUT2D eigenvalue weighted by Crippen LogP contribution is -2.47. The maximum atomic E-state index is 9.42. The lowest BCUT2D eigenvalue weighted by molar-refractivity contribution is 0.0164. The largest absolute Gasteiger partial charge is 0.393 e. The zero-order valence-electron chi connectivity index (χ0n) is 13.7. The van der Waals surface area contributed by atoms with E-state index >= 15 is 0 Å². The first-order valence-corrected chi connectivity index (χ1v) is 8.60. The Balaban J connectivity index is 1.83. The standard InChI is InChI=1S/C17H34N2O/c1-4-18-12-17(7-5-14(2)6-8-17)13-19(3)11-15-9-16(20)10-15/h14-16,18,20H,4-13H2,1-3H3. The lowest BCUT2D eigenvalue weighted by atomic mass is 9.70. The van der Waals surface area contributed by atoms with Gasteiger partial charge in [0.15, 0.2) is 0 Å². The van der Waals surface area contributed by atoms with Gasteiger partial charge < -0.3 is 15.3 Å². The molecule has 2 aliphatic carbocycles. The maximum absolute atomic E-state index is 9.42. The monoisotopic (exact) mass is 282 g/mol. The van der Waals surface area contributed by atoms with Gasteiger partial charge in [-0.3, -0.25) is 0 Å². The molecule has 3 nitrogen and oxygen atoms in total. The maximum Gasteiger partial charge on any atom is 0.0546 e. The third-order valence-corrected chi connectivity index (χ3v) is 5.47. The second-order valence-electron chi connectivity index (χ2n) is 7.65. The third-order valence-electron chi connectivity index (χ3n) is 5.47. The minimum absolute atomic E-state index is 0.0142. The molecule has 3 heteroatoms. The molecule has 0 aliphatic heterocycles. The van der Waals surface area contributed by atoms with Gasteiger partial charge in [-0.25, -0.2) is 0 Å². The van der Waals surface area contributed by atoms with Gasteiger partial charge in [-0.1, -0.05) is 26.7 Å². The van der Waals surface area contributed by atoms with E-state index in [1.165, 1.54) is 45.3 Å². The van der Waals surface area contributed by atoms with Crippen LogP contribution in [0.4, 0.5) is 0 Å². The first-order chi connectivity index (χ1) is 9.53. The average Bonchev–Trinajstić information content (AvgIpc) is 2.38. The van der Waals surface area contributed by atoms with Crippen LogP contribution >= 0.6 is 0 Å². The van der Waals surface area contributed by atoms with E-state index in [0.29, 0.717) is 5.41 Å².